The second-order valence-electron chi connectivity index (χ2n) is 14.6. The molecule has 60 heavy (non-hydrogen) atoms. The van der Waals surface area contributed by atoms with Gasteiger partial charge in [-0.05, 0) is 107 Å². The quantitative estimate of drug-likeness (QED) is 0.174. The highest BCUT2D eigenvalue weighted by Gasteiger charge is 2.36. The zero-order chi connectivity index (χ0) is 41.1. The highest BCUT2D eigenvalue weighted by Crippen LogP contribution is 2.46. The van der Waals surface area contributed by atoms with Gasteiger partial charge in [0.05, 0.1) is 73.9 Å². The molecule has 10 aromatic rings. The smallest absolute Gasteiger partial charge is 0.309 e. The molecule has 0 fully saturated rings. The fraction of sp³-hybridized carbons (Fsp3) is 0.0192. The Kier molecular flexibility index (Phi) is 8.35. The van der Waals surface area contributed by atoms with Crippen molar-refractivity contribution >= 4 is 43.6 Å². The average Bonchev–Trinajstić information content (AvgIpc) is 3.80. The Labute approximate surface area is 341 Å². The molecule has 5 nitrogen and oxygen atoms in total. The normalized spacial score (nSPS) is 11.5. The molecular formula is C52H28F3N5. The number of aromatic nitrogens is 2. The molecule has 2 heterocycles. The SMILES string of the molecule is N#Cc1ccc(-c2ccc3c(c2)c2ccccc2n3-c2ccc(C#N)cc2-c2cccc(C(F)(F)F)c2-n2c3ccccc3c3cc(-c4ccc(C#N)cc4)ccc32)cc1. The van der Waals surface area contributed by atoms with Gasteiger partial charge in [-0.25, -0.2) is 0 Å². The van der Waals surface area contributed by atoms with E-state index in [4.69, 9.17) is 0 Å². The minimum Gasteiger partial charge on any atom is -0.309 e. The van der Waals surface area contributed by atoms with Crippen molar-refractivity contribution in [3.63, 3.8) is 0 Å². The fourth-order valence-corrected chi connectivity index (χ4v) is 8.53. The van der Waals surface area contributed by atoms with Crippen molar-refractivity contribution in [1.29, 1.82) is 15.8 Å². The van der Waals surface area contributed by atoms with Gasteiger partial charge in [0.1, 0.15) is 0 Å². The molecule has 0 saturated carbocycles. The third-order valence-electron chi connectivity index (χ3n) is 11.3. The first-order valence-electron chi connectivity index (χ1n) is 19.1. The summed E-state index contributed by atoms with van der Waals surface area (Å²) < 4.78 is 50.3. The van der Waals surface area contributed by atoms with E-state index in [1.807, 2.05) is 109 Å². The molecule has 8 heteroatoms. The lowest BCUT2D eigenvalue weighted by Crippen LogP contribution is -2.12. The monoisotopic (exact) mass is 779 g/mol. The van der Waals surface area contributed by atoms with E-state index >= 15 is 13.2 Å². The van der Waals surface area contributed by atoms with Gasteiger partial charge < -0.3 is 9.13 Å². The highest BCUT2D eigenvalue weighted by molar-refractivity contribution is 6.13. The van der Waals surface area contributed by atoms with Crippen LogP contribution in [0, 0.1) is 34.0 Å². The standard InChI is InChI=1S/C52H28F3N5/c53-52(54,55)45-9-5-8-41(51(45)60-47-11-4-2-7-40(47)44-28-38(22-25-50(44)60)36-19-14-33(30-57)15-20-36)42-26-34(31-58)16-23-48(42)59-46-10-3-1-6-39(46)43-27-37(21-24-49(43)59)35-17-12-32(29-56)13-18-35/h1-28H. The number of hydrogen-bond acceptors (Lipinski definition) is 3. The van der Waals surface area contributed by atoms with Gasteiger partial charge in [-0.15, -0.1) is 0 Å². The van der Waals surface area contributed by atoms with Crippen LogP contribution in [0.1, 0.15) is 22.3 Å². The Bertz CT molecular complexity index is 3500. The van der Waals surface area contributed by atoms with Crippen LogP contribution in [0.25, 0.3) is 88.4 Å². The van der Waals surface area contributed by atoms with Crippen LogP contribution in [0.2, 0.25) is 0 Å². The first-order chi connectivity index (χ1) is 29.2. The number of nitrogens with zero attached hydrogens (tertiary/aromatic N) is 5. The second kappa shape index (κ2) is 13.9. The number of alkyl halides is 3. The average molecular weight is 780 g/mol. The van der Waals surface area contributed by atoms with Gasteiger partial charge in [-0.2, -0.15) is 29.0 Å². The number of nitriles is 3. The Hall–Kier alpha value is -8.38. The van der Waals surface area contributed by atoms with Gasteiger partial charge in [0.25, 0.3) is 0 Å². The van der Waals surface area contributed by atoms with Crippen LogP contribution in [-0.2, 0) is 6.18 Å². The lowest BCUT2D eigenvalue weighted by Gasteiger charge is -2.22. The maximum Gasteiger partial charge on any atom is 0.418 e. The molecule has 0 bridgehead atoms. The third-order valence-corrected chi connectivity index (χ3v) is 11.3. The molecule has 10 rings (SSSR count). The molecule has 8 aromatic carbocycles. The second-order valence-corrected chi connectivity index (χ2v) is 14.6. The van der Waals surface area contributed by atoms with Crippen molar-refractivity contribution in [2.45, 2.75) is 6.18 Å². The van der Waals surface area contributed by atoms with E-state index in [0.717, 1.165) is 60.9 Å². The molecule has 0 unspecified atom stereocenters. The minimum absolute atomic E-state index is 0.0532. The summed E-state index contributed by atoms with van der Waals surface area (Å²) in [6, 6.07) is 57.8. The van der Waals surface area contributed by atoms with E-state index in [1.165, 1.54) is 6.07 Å². The van der Waals surface area contributed by atoms with E-state index in [2.05, 4.69) is 28.8 Å². The predicted octanol–water partition coefficient (Wildman–Crippen LogP) is 13.5. The Morgan fingerprint density at radius 3 is 1.38 bits per heavy atom. The van der Waals surface area contributed by atoms with Gasteiger partial charge in [0.15, 0.2) is 0 Å². The number of benzene rings is 8. The first kappa shape index (κ1) is 36.0. The fourth-order valence-electron chi connectivity index (χ4n) is 8.53. The molecule has 0 saturated heterocycles. The molecule has 282 valence electrons. The van der Waals surface area contributed by atoms with Gasteiger partial charge in [-0.3, -0.25) is 0 Å². The predicted molar refractivity (Wildman–Crippen MR) is 231 cm³/mol. The highest BCUT2D eigenvalue weighted by atomic mass is 19.4. The van der Waals surface area contributed by atoms with Crippen molar-refractivity contribution in [1.82, 2.24) is 9.13 Å². The topological polar surface area (TPSA) is 81.2 Å². The number of halogens is 3. The van der Waals surface area contributed by atoms with Gasteiger partial charge in [-0.1, -0.05) is 84.9 Å². The molecular weight excluding hydrogens is 752 g/mol. The number of hydrogen-bond donors (Lipinski definition) is 0. The van der Waals surface area contributed by atoms with Gasteiger partial charge in [0, 0.05) is 32.7 Å². The molecule has 0 aliphatic heterocycles. The van der Waals surface area contributed by atoms with E-state index < -0.39 is 11.7 Å². The van der Waals surface area contributed by atoms with E-state index in [9.17, 15) is 15.8 Å². The Balaban J connectivity index is 1.26. The maximum atomic E-state index is 15.5. The van der Waals surface area contributed by atoms with Crippen molar-refractivity contribution in [2.75, 3.05) is 0 Å². The number of rotatable bonds is 5. The summed E-state index contributed by atoms with van der Waals surface area (Å²) in [4.78, 5) is 0. The zero-order valence-electron chi connectivity index (χ0n) is 31.5. The Morgan fingerprint density at radius 1 is 0.383 bits per heavy atom. The Morgan fingerprint density at radius 2 is 0.850 bits per heavy atom. The maximum absolute atomic E-state index is 15.5. The van der Waals surface area contributed by atoms with Crippen molar-refractivity contribution in [3.8, 4) is 63.0 Å². The van der Waals surface area contributed by atoms with E-state index in [-0.39, 0.29) is 5.69 Å². The molecule has 0 spiro atoms. The lowest BCUT2D eigenvalue weighted by atomic mass is 9.95. The summed E-state index contributed by atoms with van der Waals surface area (Å²) in [5, 5.41) is 32.4. The lowest BCUT2D eigenvalue weighted by molar-refractivity contribution is -0.137. The molecule has 2 aromatic heterocycles. The summed E-state index contributed by atoms with van der Waals surface area (Å²) in [5.74, 6) is 0. The summed E-state index contributed by atoms with van der Waals surface area (Å²) >= 11 is 0. The van der Waals surface area contributed by atoms with Crippen LogP contribution in [0.3, 0.4) is 0 Å². The zero-order valence-corrected chi connectivity index (χ0v) is 31.5. The summed E-state index contributed by atoms with van der Waals surface area (Å²) in [6.07, 6.45) is -4.74. The van der Waals surface area contributed by atoms with Crippen molar-refractivity contribution < 1.29 is 13.2 Å². The largest absolute Gasteiger partial charge is 0.418 e. The van der Waals surface area contributed by atoms with Gasteiger partial charge >= 0.3 is 6.18 Å². The number of para-hydroxylation sites is 3. The van der Waals surface area contributed by atoms with Crippen molar-refractivity contribution in [2.24, 2.45) is 0 Å². The van der Waals surface area contributed by atoms with Crippen LogP contribution in [0.15, 0.2) is 170 Å². The van der Waals surface area contributed by atoms with Crippen LogP contribution in [-0.4, -0.2) is 9.13 Å². The summed E-state index contributed by atoms with van der Waals surface area (Å²) in [6.45, 7) is 0. The van der Waals surface area contributed by atoms with Crippen LogP contribution in [0.5, 0.6) is 0 Å². The van der Waals surface area contributed by atoms with Crippen molar-refractivity contribution in [3.05, 3.63) is 192 Å². The molecule has 0 atom stereocenters. The third kappa shape index (κ3) is 5.77. The van der Waals surface area contributed by atoms with E-state index in [0.29, 0.717) is 44.5 Å². The molecule has 0 N–H and O–H groups in total. The molecule has 0 aliphatic carbocycles. The summed E-state index contributed by atoms with van der Waals surface area (Å²) in [5.41, 5.74) is 8.35. The number of fused-ring (bicyclic) bond motifs is 6. The van der Waals surface area contributed by atoms with Gasteiger partial charge in [0.2, 0.25) is 0 Å². The van der Waals surface area contributed by atoms with Crippen LogP contribution >= 0.6 is 0 Å². The molecule has 0 aliphatic rings. The van der Waals surface area contributed by atoms with Crippen LogP contribution in [0.4, 0.5) is 13.2 Å². The summed E-state index contributed by atoms with van der Waals surface area (Å²) in [7, 11) is 0. The molecule has 0 radical (unpaired) electrons. The van der Waals surface area contributed by atoms with E-state index in [1.54, 1.807) is 47.0 Å². The van der Waals surface area contributed by atoms with Crippen LogP contribution < -0.4 is 0 Å². The molecule has 0 amide bonds. The minimum atomic E-state index is -4.74. The first-order valence-corrected chi connectivity index (χ1v) is 19.1.